The van der Waals surface area contributed by atoms with Crippen LogP contribution < -0.4 is 5.32 Å². The molecule has 0 spiro atoms. The van der Waals surface area contributed by atoms with Crippen molar-refractivity contribution in [1.29, 1.82) is 0 Å². The lowest BCUT2D eigenvalue weighted by Crippen LogP contribution is -2.53. The van der Waals surface area contributed by atoms with Crippen LogP contribution in [0, 0.1) is 6.92 Å². The quantitative estimate of drug-likeness (QED) is 0.352. The predicted molar refractivity (Wildman–Crippen MR) is 128 cm³/mol. The molecule has 1 fully saturated rings. The maximum absolute atomic E-state index is 12.4. The predicted octanol–water partition coefficient (Wildman–Crippen LogP) is 3.19. The van der Waals surface area contributed by atoms with E-state index in [0.29, 0.717) is 25.4 Å². The molecule has 0 saturated carbocycles. The number of piperazine rings is 1. The fourth-order valence-electron chi connectivity index (χ4n) is 3.28. The van der Waals surface area contributed by atoms with Crippen molar-refractivity contribution in [2.24, 2.45) is 4.99 Å². The van der Waals surface area contributed by atoms with Gasteiger partial charge in [0.1, 0.15) is 0 Å². The van der Waals surface area contributed by atoms with Crippen LogP contribution in [-0.4, -0.2) is 65.9 Å². The monoisotopic (exact) mass is 531 g/mol. The number of aryl methyl sites for hydroxylation is 2. The summed E-state index contributed by atoms with van der Waals surface area (Å²) >= 11 is 1.77. The Morgan fingerprint density at radius 2 is 2.00 bits per heavy atom. The van der Waals surface area contributed by atoms with Crippen LogP contribution in [0.1, 0.15) is 40.0 Å². The first-order chi connectivity index (χ1) is 13.6. The number of nitrogens with one attached hydrogen (secondary N) is 1. The van der Waals surface area contributed by atoms with Crippen LogP contribution in [0.25, 0.3) is 0 Å². The summed E-state index contributed by atoms with van der Waals surface area (Å²) in [6.45, 7) is 10.7. The van der Waals surface area contributed by atoms with E-state index in [0.717, 1.165) is 43.4 Å². The van der Waals surface area contributed by atoms with Crippen LogP contribution in [0.4, 0.5) is 0 Å². The van der Waals surface area contributed by atoms with E-state index >= 15 is 0 Å². The summed E-state index contributed by atoms with van der Waals surface area (Å²) in [4.78, 5) is 27.3. The van der Waals surface area contributed by atoms with Crippen molar-refractivity contribution >= 4 is 47.2 Å². The van der Waals surface area contributed by atoms with Gasteiger partial charge in [0.15, 0.2) is 11.7 Å². The molecular weight excluding hydrogens is 501 g/mol. The molecule has 0 bridgehead atoms. The summed E-state index contributed by atoms with van der Waals surface area (Å²) in [6.07, 6.45) is 3.37. The van der Waals surface area contributed by atoms with Crippen LogP contribution in [-0.2, 0) is 12.8 Å². The van der Waals surface area contributed by atoms with Gasteiger partial charge in [0, 0.05) is 50.6 Å². The highest BCUT2D eigenvalue weighted by Crippen LogP contribution is 2.18. The highest BCUT2D eigenvalue weighted by atomic mass is 127. The summed E-state index contributed by atoms with van der Waals surface area (Å²) in [5.41, 5.74) is 1.20. The standard InChI is InChI=1S/C20H29N5O2S.HI/c1-4-16-15(3)28-18(23-16)8-9-22-20(21-5-2)25-12-10-24(11-13-25)19(26)17-7-6-14-27-17;/h6-7,14H,4-5,8-13H2,1-3H3,(H,21,22);1H. The minimum Gasteiger partial charge on any atom is -0.459 e. The van der Waals surface area contributed by atoms with E-state index in [1.165, 1.54) is 16.8 Å². The van der Waals surface area contributed by atoms with Gasteiger partial charge in [-0.05, 0) is 32.4 Å². The number of hydrogen-bond donors (Lipinski definition) is 1. The molecule has 3 rings (SSSR count). The summed E-state index contributed by atoms with van der Waals surface area (Å²) < 4.78 is 5.23. The number of aliphatic imine (C=N–C) groups is 1. The van der Waals surface area contributed by atoms with E-state index in [9.17, 15) is 4.79 Å². The third kappa shape index (κ3) is 6.18. The molecule has 1 aliphatic rings. The topological polar surface area (TPSA) is 74.0 Å². The summed E-state index contributed by atoms with van der Waals surface area (Å²) in [5.74, 6) is 1.27. The SMILES string of the molecule is CCNC(=NCCc1nc(CC)c(C)s1)N1CCN(C(=O)c2ccco2)CC1.I. The van der Waals surface area contributed by atoms with E-state index in [1.54, 1.807) is 23.5 Å². The Hall–Kier alpha value is -1.62. The average Bonchev–Trinajstić information content (AvgIpc) is 3.36. The molecule has 7 nitrogen and oxygen atoms in total. The normalized spacial score (nSPS) is 14.7. The molecule has 0 unspecified atom stereocenters. The van der Waals surface area contributed by atoms with Crippen LogP contribution in [0.2, 0.25) is 0 Å². The fraction of sp³-hybridized carbons (Fsp3) is 0.550. The van der Waals surface area contributed by atoms with Crippen molar-refractivity contribution < 1.29 is 9.21 Å². The molecular formula is C20H30IN5O2S. The number of thiazole rings is 1. The second-order valence-corrected chi connectivity index (χ2v) is 7.99. The molecule has 1 N–H and O–H groups in total. The van der Waals surface area contributed by atoms with Crippen molar-refractivity contribution in [1.82, 2.24) is 20.1 Å². The Morgan fingerprint density at radius 3 is 2.59 bits per heavy atom. The van der Waals surface area contributed by atoms with Crippen molar-refractivity contribution in [3.63, 3.8) is 0 Å². The number of rotatable bonds is 6. The number of furan rings is 1. The van der Waals surface area contributed by atoms with Gasteiger partial charge in [-0.25, -0.2) is 4.98 Å². The lowest BCUT2D eigenvalue weighted by Gasteiger charge is -2.36. The van der Waals surface area contributed by atoms with E-state index in [-0.39, 0.29) is 29.9 Å². The zero-order chi connectivity index (χ0) is 19.9. The number of carbonyl (C=O) groups is 1. The van der Waals surface area contributed by atoms with Gasteiger partial charge in [0.05, 0.1) is 17.0 Å². The van der Waals surface area contributed by atoms with E-state index in [4.69, 9.17) is 14.4 Å². The largest absolute Gasteiger partial charge is 0.459 e. The number of nitrogens with zero attached hydrogens (tertiary/aromatic N) is 4. The molecule has 0 radical (unpaired) electrons. The summed E-state index contributed by atoms with van der Waals surface area (Å²) in [6, 6.07) is 3.46. The van der Waals surface area contributed by atoms with Crippen LogP contribution in [0.3, 0.4) is 0 Å². The van der Waals surface area contributed by atoms with Crippen molar-refractivity contribution in [2.75, 3.05) is 39.3 Å². The van der Waals surface area contributed by atoms with Gasteiger partial charge in [-0.2, -0.15) is 0 Å². The van der Waals surface area contributed by atoms with E-state index in [1.807, 2.05) is 4.90 Å². The van der Waals surface area contributed by atoms with Gasteiger partial charge >= 0.3 is 0 Å². The molecule has 0 atom stereocenters. The summed E-state index contributed by atoms with van der Waals surface area (Å²) in [5, 5.41) is 4.53. The zero-order valence-electron chi connectivity index (χ0n) is 17.3. The lowest BCUT2D eigenvalue weighted by molar-refractivity contribution is 0.0657. The highest BCUT2D eigenvalue weighted by molar-refractivity contribution is 14.0. The molecule has 2 aromatic heterocycles. The van der Waals surface area contributed by atoms with Gasteiger partial charge in [-0.3, -0.25) is 9.79 Å². The average molecular weight is 531 g/mol. The number of carbonyl (C=O) groups excluding carboxylic acids is 1. The molecule has 1 saturated heterocycles. The third-order valence-corrected chi connectivity index (χ3v) is 5.87. The molecule has 9 heteroatoms. The Bertz CT molecular complexity index is 798. The van der Waals surface area contributed by atoms with Crippen molar-refractivity contribution in [2.45, 2.75) is 33.6 Å². The maximum atomic E-state index is 12.4. The third-order valence-electron chi connectivity index (χ3n) is 4.79. The second-order valence-electron chi connectivity index (χ2n) is 6.71. The minimum absolute atomic E-state index is 0. The summed E-state index contributed by atoms with van der Waals surface area (Å²) in [7, 11) is 0. The Kier molecular flexibility index (Phi) is 9.41. The zero-order valence-corrected chi connectivity index (χ0v) is 20.5. The molecule has 29 heavy (non-hydrogen) atoms. The number of halogens is 1. The Morgan fingerprint density at radius 1 is 1.28 bits per heavy atom. The van der Waals surface area contributed by atoms with E-state index in [2.05, 4.69) is 31.0 Å². The van der Waals surface area contributed by atoms with Crippen molar-refractivity contribution in [3.8, 4) is 0 Å². The van der Waals surface area contributed by atoms with Crippen molar-refractivity contribution in [3.05, 3.63) is 39.7 Å². The molecule has 2 aromatic rings. The molecule has 3 heterocycles. The first-order valence-electron chi connectivity index (χ1n) is 9.93. The number of hydrogen-bond acceptors (Lipinski definition) is 5. The van der Waals surface area contributed by atoms with Gasteiger partial charge in [0.2, 0.25) is 0 Å². The van der Waals surface area contributed by atoms with Gasteiger partial charge in [-0.1, -0.05) is 6.92 Å². The van der Waals surface area contributed by atoms with Gasteiger partial charge in [-0.15, -0.1) is 35.3 Å². The van der Waals surface area contributed by atoms with E-state index < -0.39 is 0 Å². The number of aromatic nitrogens is 1. The number of guanidine groups is 1. The molecule has 0 aromatic carbocycles. The first kappa shape index (κ1) is 23.7. The smallest absolute Gasteiger partial charge is 0.289 e. The van der Waals surface area contributed by atoms with Gasteiger partial charge < -0.3 is 19.5 Å². The first-order valence-corrected chi connectivity index (χ1v) is 10.7. The van der Waals surface area contributed by atoms with Gasteiger partial charge in [0.25, 0.3) is 5.91 Å². The maximum Gasteiger partial charge on any atom is 0.289 e. The second kappa shape index (κ2) is 11.5. The van der Waals surface area contributed by atoms with Crippen LogP contribution >= 0.6 is 35.3 Å². The highest BCUT2D eigenvalue weighted by Gasteiger charge is 2.25. The molecule has 160 valence electrons. The molecule has 1 amide bonds. The van der Waals surface area contributed by atoms with Crippen LogP contribution in [0.5, 0.6) is 0 Å². The number of amides is 1. The fourth-order valence-corrected chi connectivity index (χ4v) is 4.29. The molecule has 0 aliphatic carbocycles. The minimum atomic E-state index is -0.0440. The lowest BCUT2D eigenvalue weighted by atomic mass is 10.3. The molecule has 1 aliphatic heterocycles. The Balaban J connectivity index is 0.00000300. The Labute approximate surface area is 193 Å². The van der Waals surface area contributed by atoms with Crippen LogP contribution in [0.15, 0.2) is 27.8 Å².